The van der Waals surface area contributed by atoms with E-state index in [0.717, 1.165) is 34.8 Å². The molecule has 4 nitrogen and oxygen atoms in total. The number of carbonyl (C=O) groups is 1. The van der Waals surface area contributed by atoms with Crippen LogP contribution in [0.2, 0.25) is 0 Å². The Balaban J connectivity index is 2.00. The molecule has 0 radical (unpaired) electrons. The number of aryl methyl sites for hydroxylation is 1. The predicted molar refractivity (Wildman–Crippen MR) is 78.6 cm³/mol. The molecule has 0 spiro atoms. The molecule has 1 heterocycles. The summed E-state index contributed by atoms with van der Waals surface area (Å²) in [6.07, 6.45) is 2.25. The monoisotopic (exact) mass is 306 g/mol. The first-order chi connectivity index (χ1) is 10.0. The summed E-state index contributed by atoms with van der Waals surface area (Å²) in [7, 11) is 0. The van der Waals surface area contributed by atoms with Crippen LogP contribution in [0.3, 0.4) is 0 Å². The van der Waals surface area contributed by atoms with Crippen LogP contribution in [0.25, 0.3) is 5.69 Å². The standard InChI is InChI=1S/C15H15FN2O2S/c1-9-6-11(16)4-5-13(9)18-14(21-8-15(19)20)7-12(17-18)10-2-3-10/h4-7,10H,2-3,8H2,1H3,(H,19,20). The molecule has 0 unspecified atom stereocenters. The quantitative estimate of drug-likeness (QED) is 0.861. The van der Waals surface area contributed by atoms with Crippen molar-refractivity contribution in [3.63, 3.8) is 0 Å². The van der Waals surface area contributed by atoms with Crippen LogP contribution in [0.15, 0.2) is 29.3 Å². The van der Waals surface area contributed by atoms with Crippen molar-refractivity contribution in [3.05, 3.63) is 41.3 Å². The van der Waals surface area contributed by atoms with Crippen molar-refractivity contribution in [1.82, 2.24) is 9.78 Å². The van der Waals surface area contributed by atoms with Gasteiger partial charge in [0.05, 0.1) is 17.1 Å². The van der Waals surface area contributed by atoms with Gasteiger partial charge in [0.1, 0.15) is 10.8 Å². The van der Waals surface area contributed by atoms with Crippen LogP contribution in [0.1, 0.15) is 30.0 Å². The van der Waals surface area contributed by atoms with Crippen LogP contribution >= 0.6 is 11.8 Å². The molecule has 1 saturated carbocycles. The Morgan fingerprint density at radius 3 is 2.86 bits per heavy atom. The molecule has 0 saturated heterocycles. The van der Waals surface area contributed by atoms with Crippen LogP contribution in [0, 0.1) is 12.7 Å². The van der Waals surface area contributed by atoms with Gasteiger partial charge < -0.3 is 5.11 Å². The average molecular weight is 306 g/mol. The lowest BCUT2D eigenvalue weighted by Gasteiger charge is -2.09. The highest BCUT2D eigenvalue weighted by molar-refractivity contribution is 7.99. The molecule has 110 valence electrons. The van der Waals surface area contributed by atoms with Crippen molar-refractivity contribution in [2.75, 3.05) is 5.75 Å². The second kappa shape index (κ2) is 5.52. The van der Waals surface area contributed by atoms with Gasteiger partial charge in [-0.1, -0.05) is 11.8 Å². The van der Waals surface area contributed by atoms with Crippen LogP contribution in [-0.2, 0) is 4.79 Å². The van der Waals surface area contributed by atoms with Gasteiger partial charge in [-0.3, -0.25) is 4.79 Å². The fourth-order valence-electron chi connectivity index (χ4n) is 2.23. The normalized spacial score (nSPS) is 14.4. The minimum absolute atomic E-state index is 0.0178. The summed E-state index contributed by atoms with van der Waals surface area (Å²) in [5.74, 6) is -0.686. The van der Waals surface area contributed by atoms with E-state index >= 15 is 0 Å². The maximum Gasteiger partial charge on any atom is 0.313 e. The van der Waals surface area contributed by atoms with Gasteiger partial charge in [0.15, 0.2) is 0 Å². The SMILES string of the molecule is Cc1cc(F)ccc1-n1nc(C2CC2)cc1SCC(=O)O. The highest BCUT2D eigenvalue weighted by atomic mass is 32.2. The van der Waals surface area contributed by atoms with E-state index in [0.29, 0.717) is 5.92 Å². The summed E-state index contributed by atoms with van der Waals surface area (Å²) in [6.45, 7) is 1.82. The van der Waals surface area contributed by atoms with Crippen molar-refractivity contribution in [3.8, 4) is 5.69 Å². The molecule has 3 rings (SSSR count). The summed E-state index contributed by atoms with van der Waals surface area (Å²) in [5.41, 5.74) is 2.56. The second-order valence-electron chi connectivity index (χ2n) is 5.21. The number of aliphatic carboxylic acids is 1. The molecule has 21 heavy (non-hydrogen) atoms. The first-order valence-corrected chi connectivity index (χ1v) is 7.74. The highest BCUT2D eigenvalue weighted by Gasteiger charge is 2.28. The molecule has 2 aromatic rings. The fourth-order valence-corrected chi connectivity index (χ4v) is 2.96. The lowest BCUT2D eigenvalue weighted by molar-refractivity contribution is -0.133. The molecule has 1 aliphatic rings. The molecule has 1 N–H and O–H groups in total. The molecular weight excluding hydrogens is 291 g/mol. The van der Waals surface area contributed by atoms with Gasteiger partial charge in [-0.15, -0.1) is 0 Å². The lowest BCUT2D eigenvalue weighted by Crippen LogP contribution is -2.04. The summed E-state index contributed by atoms with van der Waals surface area (Å²) in [4.78, 5) is 10.8. The Morgan fingerprint density at radius 1 is 1.48 bits per heavy atom. The number of carboxylic acids is 1. The smallest absolute Gasteiger partial charge is 0.313 e. The maximum atomic E-state index is 13.2. The number of benzene rings is 1. The van der Waals surface area contributed by atoms with E-state index in [9.17, 15) is 9.18 Å². The Morgan fingerprint density at radius 2 is 2.24 bits per heavy atom. The molecule has 1 aromatic heterocycles. The fraction of sp³-hybridized carbons (Fsp3) is 0.333. The third-order valence-corrected chi connectivity index (χ3v) is 4.40. The predicted octanol–water partition coefficient (Wildman–Crippen LogP) is 3.37. The van der Waals surface area contributed by atoms with Crippen molar-refractivity contribution < 1.29 is 14.3 Å². The number of halogens is 1. The number of nitrogens with zero attached hydrogens (tertiary/aromatic N) is 2. The number of carboxylic acid groups (broad SMARTS) is 1. The molecule has 6 heteroatoms. The van der Waals surface area contributed by atoms with Crippen LogP contribution < -0.4 is 0 Å². The average Bonchev–Trinajstić information content (AvgIpc) is 3.18. The zero-order chi connectivity index (χ0) is 15.0. The first kappa shape index (κ1) is 14.1. The highest BCUT2D eigenvalue weighted by Crippen LogP contribution is 2.41. The summed E-state index contributed by atoms with van der Waals surface area (Å²) in [6, 6.07) is 6.49. The van der Waals surface area contributed by atoms with E-state index in [4.69, 9.17) is 5.11 Å². The number of rotatable bonds is 5. The van der Waals surface area contributed by atoms with Crippen LogP contribution in [0.4, 0.5) is 4.39 Å². The lowest BCUT2D eigenvalue weighted by atomic mass is 10.2. The minimum atomic E-state index is -0.864. The Hall–Kier alpha value is -1.82. The summed E-state index contributed by atoms with van der Waals surface area (Å²) >= 11 is 1.24. The minimum Gasteiger partial charge on any atom is -0.481 e. The molecule has 0 atom stereocenters. The van der Waals surface area contributed by atoms with Gasteiger partial charge in [-0.05, 0) is 49.6 Å². The first-order valence-electron chi connectivity index (χ1n) is 6.75. The zero-order valence-electron chi connectivity index (χ0n) is 11.5. The molecular formula is C15H15FN2O2S. The number of hydrogen-bond acceptors (Lipinski definition) is 3. The Labute approximate surface area is 126 Å². The molecule has 1 aliphatic carbocycles. The van der Waals surface area contributed by atoms with Gasteiger partial charge in [0.25, 0.3) is 0 Å². The third-order valence-electron chi connectivity index (χ3n) is 3.42. The zero-order valence-corrected chi connectivity index (χ0v) is 12.4. The van der Waals surface area contributed by atoms with Gasteiger partial charge in [0.2, 0.25) is 0 Å². The van der Waals surface area contributed by atoms with Gasteiger partial charge in [-0.25, -0.2) is 9.07 Å². The van der Waals surface area contributed by atoms with Crippen molar-refractivity contribution in [2.24, 2.45) is 0 Å². The van der Waals surface area contributed by atoms with Gasteiger partial charge in [-0.2, -0.15) is 5.10 Å². The van der Waals surface area contributed by atoms with E-state index in [-0.39, 0.29) is 11.6 Å². The Bertz CT molecular complexity index is 695. The summed E-state index contributed by atoms with van der Waals surface area (Å²) < 4.78 is 15.0. The van der Waals surface area contributed by atoms with E-state index < -0.39 is 5.97 Å². The van der Waals surface area contributed by atoms with E-state index in [1.54, 1.807) is 10.7 Å². The number of hydrogen-bond donors (Lipinski definition) is 1. The molecule has 1 aromatic carbocycles. The third kappa shape index (κ3) is 3.10. The molecule has 0 bridgehead atoms. The van der Waals surface area contributed by atoms with Crippen molar-refractivity contribution >= 4 is 17.7 Å². The van der Waals surface area contributed by atoms with Gasteiger partial charge >= 0.3 is 5.97 Å². The van der Waals surface area contributed by atoms with Crippen LogP contribution in [-0.4, -0.2) is 26.6 Å². The Kier molecular flexibility index (Phi) is 3.71. The van der Waals surface area contributed by atoms with Crippen LogP contribution in [0.5, 0.6) is 0 Å². The van der Waals surface area contributed by atoms with Crippen molar-refractivity contribution in [2.45, 2.75) is 30.7 Å². The maximum absolute atomic E-state index is 13.2. The van der Waals surface area contributed by atoms with E-state index in [1.165, 1.54) is 23.9 Å². The topological polar surface area (TPSA) is 55.1 Å². The molecule has 0 aliphatic heterocycles. The number of thioether (sulfide) groups is 1. The summed E-state index contributed by atoms with van der Waals surface area (Å²) in [5, 5.41) is 14.2. The second-order valence-corrected chi connectivity index (χ2v) is 6.20. The molecule has 0 amide bonds. The largest absolute Gasteiger partial charge is 0.481 e. The van der Waals surface area contributed by atoms with Crippen molar-refractivity contribution in [1.29, 1.82) is 0 Å². The van der Waals surface area contributed by atoms with Gasteiger partial charge in [0, 0.05) is 5.92 Å². The van der Waals surface area contributed by atoms with E-state index in [1.807, 2.05) is 13.0 Å². The number of aromatic nitrogens is 2. The molecule has 1 fully saturated rings. The van der Waals surface area contributed by atoms with E-state index in [2.05, 4.69) is 5.10 Å².